The van der Waals surface area contributed by atoms with E-state index in [4.69, 9.17) is 0 Å². The van der Waals surface area contributed by atoms with Gasteiger partial charge in [0.25, 0.3) is 0 Å². The molecule has 0 atom stereocenters. The summed E-state index contributed by atoms with van der Waals surface area (Å²) in [6.07, 6.45) is 3.26. The van der Waals surface area contributed by atoms with Gasteiger partial charge in [-0.2, -0.15) is 0 Å². The maximum Gasteiger partial charge on any atom is 0.243 e. The molecule has 0 fully saturated rings. The zero-order chi connectivity index (χ0) is 7.98. The van der Waals surface area contributed by atoms with Crippen LogP contribution in [0, 0.1) is 5.92 Å². The lowest BCUT2D eigenvalue weighted by Crippen LogP contribution is -2.25. The first-order valence-corrected chi connectivity index (χ1v) is 3.57. The molecule has 0 aliphatic heterocycles. The number of amides is 1. The van der Waals surface area contributed by atoms with Crippen molar-refractivity contribution in [2.45, 2.75) is 20.8 Å². The van der Waals surface area contributed by atoms with Crippen molar-refractivity contribution in [3.63, 3.8) is 0 Å². The van der Waals surface area contributed by atoms with Crippen LogP contribution in [-0.4, -0.2) is 12.5 Å². The summed E-state index contributed by atoms with van der Waals surface area (Å²) in [5.74, 6) is 0.519. The fourth-order valence-corrected chi connectivity index (χ4v) is 0.515. The van der Waals surface area contributed by atoms with Crippen molar-refractivity contribution >= 4 is 5.91 Å². The van der Waals surface area contributed by atoms with Gasteiger partial charge in [-0.3, -0.25) is 4.79 Å². The lowest BCUT2D eigenvalue weighted by atomic mass is 10.2. The molecule has 0 bridgehead atoms. The van der Waals surface area contributed by atoms with E-state index in [-0.39, 0.29) is 5.91 Å². The molecule has 1 amide bonds. The number of hydrogen-bond donors (Lipinski definition) is 1. The van der Waals surface area contributed by atoms with Crippen molar-refractivity contribution in [3.05, 3.63) is 12.2 Å². The predicted octanol–water partition coefficient (Wildman–Crippen LogP) is 1.33. The molecule has 2 nitrogen and oxygen atoms in total. The van der Waals surface area contributed by atoms with Crippen LogP contribution < -0.4 is 5.32 Å². The Balaban J connectivity index is 3.40. The Morgan fingerprint density at radius 3 is 2.60 bits per heavy atom. The van der Waals surface area contributed by atoms with E-state index < -0.39 is 0 Å². The maximum atomic E-state index is 10.7. The molecule has 0 aromatic heterocycles. The third kappa shape index (κ3) is 5.35. The number of nitrogens with one attached hydrogen (secondary N) is 1. The van der Waals surface area contributed by atoms with Gasteiger partial charge in [0, 0.05) is 6.54 Å². The Hall–Kier alpha value is -0.790. The highest BCUT2D eigenvalue weighted by molar-refractivity contribution is 5.87. The maximum absolute atomic E-state index is 10.7. The average molecular weight is 141 g/mol. The van der Waals surface area contributed by atoms with E-state index >= 15 is 0 Å². The molecule has 10 heavy (non-hydrogen) atoms. The van der Waals surface area contributed by atoms with Crippen molar-refractivity contribution in [1.82, 2.24) is 5.32 Å². The van der Waals surface area contributed by atoms with Crippen LogP contribution in [0.1, 0.15) is 20.8 Å². The molecule has 2 heteroatoms. The summed E-state index contributed by atoms with van der Waals surface area (Å²) in [6.45, 7) is 6.71. The Bertz CT molecular complexity index is 127. The second kappa shape index (κ2) is 5.03. The first kappa shape index (κ1) is 9.21. The van der Waals surface area contributed by atoms with Crippen LogP contribution in [0.5, 0.6) is 0 Å². The summed E-state index contributed by atoms with van der Waals surface area (Å²) in [5, 5.41) is 2.76. The third-order valence-corrected chi connectivity index (χ3v) is 1.00. The summed E-state index contributed by atoms with van der Waals surface area (Å²) >= 11 is 0. The quantitative estimate of drug-likeness (QED) is 0.590. The van der Waals surface area contributed by atoms with E-state index in [1.54, 1.807) is 6.08 Å². The van der Waals surface area contributed by atoms with Crippen molar-refractivity contribution in [3.8, 4) is 0 Å². The molecule has 0 unspecified atom stereocenters. The normalized spacial score (nSPS) is 10.8. The summed E-state index contributed by atoms with van der Waals surface area (Å²) in [6, 6.07) is 0. The number of hydrogen-bond acceptors (Lipinski definition) is 1. The zero-order valence-corrected chi connectivity index (χ0v) is 6.85. The summed E-state index contributed by atoms with van der Waals surface area (Å²) in [7, 11) is 0. The minimum atomic E-state index is -0.00352. The molecule has 0 heterocycles. The van der Waals surface area contributed by atoms with E-state index in [1.165, 1.54) is 6.08 Å². The van der Waals surface area contributed by atoms with Gasteiger partial charge in [0.2, 0.25) is 5.91 Å². The first-order chi connectivity index (χ1) is 4.66. The zero-order valence-electron chi connectivity index (χ0n) is 6.85. The first-order valence-electron chi connectivity index (χ1n) is 3.57. The van der Waals surface area contributed by atoms with Gasteiger partial charge in [-0.1, -0.05) is 19.9 Å². The Labute approximate surface area is 62.3 Å². The topological polar surface area (TPSA) is 29.1 Å². The van der Waals surface area contributed by atoms with E-state index in [2.05, 4.69) is 19.2 Å². The van der Waals surface area contributed by atoms with Crippen molar-refractivity contribution in [2.75, 3.05) is 6.54 Å². The number of rotatable bonds is 3. The lowest BCUT2D eigenvalue weighted by Gasteiger charge is -2.03. The summed E-state index contributed by atoms with van der Waals surface area (Å²) in [4.78, 5) is 10.7. The second-order valence-corrected chi connectivity index (χ2v) is 2.64. The predicted molar refractivity (Wildman–Crippen MR) is 42.7 cm³/mol. The highest BCUT2D eigenvalue weighted by Gasteiger charge is 1.95. The molecule has 0 saturated carbocycles. The van der Waals surface area contributed by atoms with E-state index in [9.17, 15) is 4.79 Å². The van der Waals surface area contributed by atoms with Gasteiger partial charge >= 0.3 is 0 Å². The van der Waals surface area contributed by atoms with Crippen LogP contribution in [0.4, 0.5) is 0 Å². The number of carbonyl (C=O) groups is 1. The molecule has 0 aliphatic rings. The van der Waals surface area contributed by atoms with Gasteiger partial charge in [0.1, 0.15) is 0 Å². The molecule has 0 rings (SSSR count). The van der Waals surface area contributed by atoms with Crippen molar-refractivity contribution in [2.24, 2.45) is 5.92 Å². The van der Waals surface area contributed by atoms with Crippen LogP contribution in [0.15, 0.2) is 12.2 Å². The summed E-state index contributed by atoms with van der Waals surface area (Å²) in [5.41, 5.74) is 0. The van der Waals surface area contributed by atoms with Crippen LogP contribution in [0.2, 0.25) is 0 Å². The highest BCUT2D eigenvalue weighted by Crippen LogP contribution is 1.86. The van der Waals surface area contributed by atoms with Crippen LogP contribution in [0.3, 0.4) is 0 Å². The molecule has 58 valence electrons. The fraction of sp³-hybridized carbons (Fsp3) is 0.625. The summed E-state index contributed by atoms with van der Waals surface area (Å²) < 4.78 is 0. The second-order valence-electron chi connectivity index (χ2n) is 2.64. The molecule has 0 radical (unpaired) electrons. The van der Waals surface area contributed by atoms with Crippen LogP contribution in [0.25, 0.3) is 0 Å². The Morgan fingerprint density at radius 1 is 1.60 bits per heavy atom. The Kier molecular flexibility index (Phi) is 4.63. The molecular formula is C8H15NO. The monoisotopic (exact) mass is 141 g/mol. The minimum Gasteiger partial charge on any atom is -0.352 e. The lowest BCUT2D eigenvalue weighted by molar-refractivity contribution is -0.116. The minimum absolute atomic E-state index is 0.00352. The molecule has 0 aromatic carbocycles. The van der Waals surface area contributed by atoms with E-state index in [0.717, 1.165) is 6.54 Å². The molecule has 0 aliphatic carbocycles. The molecule has 0 spiro atoms. The number of carbonyl (C=O) groups excluding carboxylic acids is 1. The molecule has 0 aromatic rings. The number of allylic oxidation sites excluding steroid dienone is 1. The van der Waals surface area contributed by atoms with Crippen molar-refractivity contribution in [1.29, 1.82) is 0 Å². The van der Waals surface area contributed by atoms with Gasteiger partial charge in [-0.25, -0.2) is 0 Å². The fourth-order valence-electron chi connectivity index (χ4n) is 0.515. The van der Waals surface area contributed by atoms with Gasteiger partial charge in [0.15, 0.2) is 0 Å². The van der Waals surface area contributed by atoms with Crippen LogP contribution >= 0.6 is 0 Å². The van der Waals surface area contributed by atoms with Gasteiger partial charge in [0.05, 0.1) is 0 Å². The van der Waals surface area contributed by atoms with Gasteiger partial charge < -0.3 is 5.32 Å². The van der Waals surface area contributed by atoms with E-state index in [1.807, 2.05) is 6.92 Å². The SMILES string of the molecule is C/C=C/C(=O)NCC(C)C. The van der Waals surface area contributed by atoms with E-state index in [0.29, 0.717) is 5.92 Å². The smallest absolute Gasteiger partial charge is 0.243 e. The molecular weight excluding hydrogens is 126 g/mol. The molecule has 1 N–H and O–H groups in total. The van der Waals surface area contributed by atoms with Crippen molar-refractivity contribution < 1.29 is 4.79 Å². The largest absolute Gasteiger partial charge is 0.352 e. The third-order valence-electron chi connectivity index (χ3n) is 1.00. The molecule has 0 saturated heterocycles. The Morgan fingerprint density at radius 2 is 2.20 bits per heavy atom. The van der Waals surface area contributed by atoms with Crippen LogP contribution in [-0.2, 0) is 4.79 Å². The average Bonchev–Trinajstić information content (AvgIpc) is 1.85. The van der Waals surface area contributed by atoms with Gasteiger partial charge in [-0.05, 0) is 18.9 Å². The standard InChI is InChI=1S/C8H15NO/c1-4-5-8(10)9-6-7(2)3/h4-5,7H,6H2,1-3H3,(H,9,10)/b5-4+. The van der Waals surface area contributed by atoms with Gasteiger partial charge in [-0.15, -0.1) is 0 Å². The highest BCUT2D eigenvalue weighted by atomic mass is 16.1.